The first-order valence-electron chi connectivity index (χ1n) is 3.95. The number of ketones is 1. The molecular formula is C10H11NO. The summed E-state index contributed by atoms with van der Waals surface area (Å²) in [6, 6.07) is 2.04. The molecule has 0 N–H and O–H groups in total. The zero-order chi connectivity index (χ0) is 9.03. The molecule has 0 spiro atoms. The van der Waals surface area contributed by atoms with Crippen LogP contribution in [0.1, 0.15) is 19.8 Å². The van der Waals surface area contributed by atoms with Crippen molar-refractivity contribution in [2.45, 2.75) is 19.8 Å². The van der Waals surface area contributed by atoms with Gasteiger partial charge in [0.1, 0.15) is 5.78 Å². The molecule has 2 nitrogen and oxygen atoms in total. The largest absolute Gasteiger partial charge is 0.299 e. The van der Waals surface area contributed by atoms with Crippen molar-refractivity contribution in [2.24, 2.45) is 5.41 Å². The van der Waals surface area contributed by atoms with Crippen LogP contribution in [0.4, 0.5) is 0 Å². The third kappa shape index (κ3) is 1.45. The number of allylic oxidation sites excluding steroid dienone is 4. The van der Waals surface area contributed by atoms with E-state index in [-0.39, 0.29) is 12.2 Å². The van der Waals surface area contributed by atoms with Crippen LogP contribution < -0.4 is 0 Å². The molecule has 1 aliphatic carbocycles. The Kier molecular flexibility index (Phi) is 2.44. The second-order valence-corrected chi connectivity index (χ2v) is 2.97. The van der Waals surface area contributed by atoms with Gasteiger partial charge in [-0.15, -0.1) is 0 Å². The summed E-state index contributed by atoms with van der Waals surface area (Å²) in [6.07, 6.45) is 8.63. The highest BCUT2D eigenvalue weighted by atomic mass is 16.1. The Morgan fingerprint density at radius 1 is 1.58 bits per heavy atom. The molecule has 0 aromatic heterocycles. The summed E-state index contributed by atoms with van der Waals surface area (Å²) in [7, 11) is 0. The molecule has 0 atom stereocenters. The number of hydrogen-bond acceptors (Lipinski definition) is 2. The average molecular weight is 161 g/mol. The smallest absolute Gasteiger partial charge is 0.144 e. The van der Waals surface area contributed by atoms with Gasteiger partial charge in [-0.3, -0.25) is 4.79 Å². The summed E-state index contributed by atoms with van der Waals surface area (Å²) in [6.45, 7) is 1.53. The predicted molar refractivity (Wildman–Crippen MR) is 46.2 cm³/mol. The van der Waals surface area contributed by atoms with Crippen LogP contribution in [0.25, 0.3) is 0 Å². The minimum absolute atomic E-state index is 0.0382. The Morgan fingerprint density at radius 3 is 2.58 bits per heavy atom. The SMILES string of the molecule is CC(=O)C1(CC#N)C=CCC=C1. The molecule has 62 valence electrons. The number of nitrogens with zero attached hydrogens (tertiary/aromatic N) is 1. The standard InChI is InChI=1S/C10H11NO/c1-9(12)10(7-8-11)5-3-2-4-6-10/h3-6H,2,7H2,1H3. The van der Waals surface area contributed by atoms with Crippen molar-refractivity contribution in [3.8, 4) is 6.07 Å². The molecule has 0 unspecified atom stereocenters. The minimum Gasteiger partial charge on any atom is -0.299 e. The van der Waals surface area contributed by atoms with Crippen molar-refractivity contribution in [2.75, 3.05) is 0 Å². The van der Waals surface area contributed by atoms with Crippen LogP contribution >= 0.6 is 0 Å². The highest BCUT2D eigenvalue weighted by Crippen LogP contribution is 2.29. The fourth-order valence-electron chi connectivity index (χ4n) is 1.30. The summed E-state index contributed by atoms with van der Waals surface area (Å²) in [4.78, 5) is 11.3. The molecule has 2 heteroatoms. The van der Waals surface area contributed by atoms with Crippen molar-refractivity contribution in [3.63, 3.8) is 0 Å². The monoisotopic (exact) mass is 161 g/mol. The Bertz CT molecular complexity index is 269. The normalized spacial score (nSPS) is 18.7. The zero-order valence-electron chi connectivity index (χ0n) is 7.08. The van der Waals surface area contributed by atoms with Gasteiger partial charge in [-0.2, -0.15) is 5.26 Å². The van der Waals surface area contributed by atoms with Gasteiger partial charge in [0.2, 0.25) is 0 Å². The Morgan fingerprint density at radius 2 is 2.17 bits per heavy atom. The number of carbonyl (C=O) groups excluding carboxylic acids is 1. The third-order valence-corrected chi connectivity index (χ3v) is 2.13. The fraction of sp³-hybridized carbons (Fsp3) is 0.400. The van der Waals surface area contributed by atoms with Crippen LogP contribution in [0, 0.1) is 16.7 Å². The predicted octanol–water partition coefficient (Wildman–Crippen LogP) is 1.99. The van der Waals surface area contributed by atoms with Crippen LogP contribution in [0.2, 0.25) is 0 Å². The second kappa shape index (κ2) is 3.36. The topological polar surface area (TPSA) is 40.9 Å². The molecule has 0 radical (unpaired) electrons. The maximum atomic E-state index is 11.3. The van der Waals surface area contributed by atoms with Crippen molar-refractivity contribution < 1.29 is 4.79 Å². The fourth-order valence-corrected chi connectivity index (χ4v) is 1.30. The van der Waals surface area contributed by atoms with Crippen LogP contribution in [-0.2, 0) is 4.79 Å². The van der Waals surface area contributed by atoms with E-state index in [4.69, 9.17) is 5.26 Å². The second-order valence-electron chi connectivity index (χ2n) is 2.97. The minimum atomic E-state index is -0.632. The van der Waals surface area contributed by atoms with Crippen LogP contribution in [0.5, 0.6) is 0 Å². The van der Waals surface area contributed by atoms with Gasteiger partial charge in [-0.1, -0.05) is 24.3 Å². The third-order valence-electron chi connectivity index (χ3n) is 2.13. The molecule has 0 amide bonds. The molecule has 0 aliphatic heterocycles. The lowest BCUT2D eigenvalue weighted by atomic mass is 9.78. The summed E-state index contributed by atoms with van der Waals surface area (Å²) in [5.41, 5.74) is -0.632. The van der Waals surface area contributed by atoms with E-state index in [2.05, 4.69) is 0 Å². The highest BCUT2D eigenvalue weighted by Gasteiger charge is 2.30. The van der Waals surface area contributed by atoms with Gasteiger partial charge in [0, 0.05) is 0 Å². The van der Waals surface area contributed by atoms with E-state index in [0.717, 1.165) is 6.42 Å². The van der Waals surface area contributed by atoms with Gasteiger partial charge in [-0.05, 0) is 13.3 Å². The molecule has 0 heterocycles. The van der Waals surface area contributed by atoms with Gasteiger partial charge in [0.15, 0.2) is 0 Å². The van der Waals surface area contributed by atoms with Gasteiger partial charge in [0.25, 0.3) is 0 Å². The van der Waals surface area contributed by atoms with Gasteiger partial charge >= 0.3 is 0 Å². The van der Waals surface area contributed by atoms with E-state index >= 15 is 0 Å². The van der Waals surface area contributed by atoms with Crippen molar-refractivity contribution >= 4 is 5.78 Å². The number of Topliss-reactive ketones (excluding diaryl/α,β-unsaturated/α-hetero) is 1. The van der Waals surface area contributed by atoms with Crippen LogP contribution in [-0.4, -0.2) is 5.78 Å². The molecule has 1 rings (SSSR count). The summed E-state index contributed by atoms with van der Waals surface area (Å²) >= 11 is 0. The molecule has 0 aromatic carbocycles. The maximum Gasteiger partial charge on any atom is 0.144 e. The number of hydrogen-bond donors (Lipinski definition) is 0. The summed E-state index contributed by atoms with van der Waals surface area (Å²) in [5.74, 6) is 0.0382. The van der Waals surface area contributed by atoms with Gasteiger partial charge < -0.3 is 0 Å². The quantitative estimate of drug-likeness (QED) is 0.581. The average Bonchev–Trinajstić information content (AvgIpc) is 2.06. The highest BCUT2D eigenvalue weighted by molar-refractivity contribution is 5.87. The van der Waals surface area contributed by atoms with E-state index in [1.54, 1.807) is 0 Å². The lowest BCUT2D eigenvalue weighted by Gasteiger charge is -2.22. The van der Waals surface area contributed by atoms with Crippen molar-refractivity contribution in [1.82, 2.24) is 0 Å². The van der Waals surface area contributed by atoms with Crippen LogP contribution in [0.15, 0.2) is 24.3 Å². The molecule has 0 saturated carbocycles. The van der Waals surface area contributed by atoms with Gasteiger partial charge in [0.05, 0.1) is 17.9 Å². The van der Waals surface area contributed by atoms with Crippen molar-refractivity contribution in [1.29, 1.82) is 5.26 Å². The van der Waals surface area contributed by atoms with E-state index in [0.29, 0.717) is 0 Å². The first-order valence-corrected chi connectivity index (χ1v) is 3.95. The van der Waals surface area contributed by atoms with Gasteiger partial charge in [-0.25, -0.2) is 0 Å². The van der Waals surface area contributed by atoms with E-state index < -0.39 is 5.41 Å². The Balaban J connectivity index is 2.94. The molecule has 1 aliphatic rings. The summed E-state index contributed by atoms with van der Waals surface area (Å²) in [5, 5.41) is 8.56. The lowest BCUT2D eigenvalue weighted by molar-refractivity contribution is -0.122. The molecule has 12 heavy (non-hydrogen) atoms. The first kappa shape index (κ1) is 8.73. The Labute approximate surface area is 72.2 Å². The van der Waals surface area contributed by atoms with E-state index in [1.807, 2.05) is 30.4 Å². The number of rotatable bonds is 2. The Hall–Kier alpha value is -1.36. The summed E-state index contributed by atoms with van der Waals surface area (Å²) < 4.78 is 0. The first-order chi connectivity index (χ1) is 5.71. The molecule has 0 aromatic rings. The van der Waals surface area contributed by atoms with E-state index in [1.165, 1.54) is 6.92 Å². The zero-order valence-corrected chi connectivity index (χ0v) is 7.08. The number of nitriles is 1. The van der Waals surface area contributed by atoms with E-state index in [9.17, 15) is 4.79 Å². The lowest BCUT2D eigenvalue weighted by Crippen LogP contribution is -2.24. The molecule has 0 fully saturated rings. The molecule has 0 saturated heterocycles. The van der Waals surface area contributed by atoms with Crippen LogP contribution in [0.3, 0.4) is 0 Å². The number of carbonyl (C=O) groups is 1. The maximum absolute atomic E-state index is 11.3. The van der Waals surface area contributed by atoms with Crippen molar-refractivity contribution in [3.05, 3.63) is 24.3 Å². The molecule has 0 bridgehead atoms. The molecular weight excluding hydrogens is 150 g/mol.